The molecule has 1 fully saturated rings. The topological polar surface area (TPSA) is 56.3 Å². The minimum absolute atomic E-state index is 0.186. The van der Waals surface area contributed by atoms with Gasteiger partial charge in [-0.05, 0) is 62.1 Å². The van der Waals surface area contributed by atoms with Gasteiger partial charge in [0, 0.05) is 18.5 Å². The van der Waals surface area contributed by atoms with Gasteiger partial charge in [0.2, 0.25) is 0 Å². The van der Waals surface area contributed by atoms with Crippen molar-refractivity contribution in [2.24, 2.45) is 0 Å². The molecular formula is C20H22F3NO3S. The lowest BCUT2D eigenvalue weighted by Gasteiger charge is -2.40. The van der Waals surface area contributed by atoms with E-state index in [-0.39, 0.29) is 30.8 Å². The zero-order chi connectivity index (χ0) is 20.6. The summed E-state index contributed by atoms with van der Waals surface area (Å²) >= 11 is 0. The summed E-state index contributed by atoms with van der Waals surface area (Å²) in [4.78, 5) is 3.84. The predicted molar refractivity (Wildman–Crippen MR) is 98.6 cm³/mol. The SMILES string of the molecule is CCC1(S(=O)(=O)c2cccc(C(F)(F)F)c2)CCOC(c2ccnc(C)c2)C1. The van der Waals surface area contributed by atoms with Crippen LogP contribution in [0.3, 0.4) is 0 Å². The Bertz CT molecular complexity index is 959. The number of halogens is 3. The fraction of sp³-hybridized carbons (Fsp3) is 0.450. The van der Waals surface area contributed by atoms with Gasteiger partial charge in [0.25, 0.3) is 0 Å². The first-order valence-electron chi connectivity index (χ1n) is 9.05. The zero-order valence-electron chi connectivity index (χ0n) is 15.7. The van der Waals surface area contributed by atoms with E-state index >= 15 is 0 Å². The number of rotatable bonds is 4. The number of benzene rings is 1. The lowest BCUT2D eigenvalue weighted by atomic mass is 9.89. The second-order valence-electron chi connectivity index (χ2n) is 7.11. The third kappa shape index (κ3) is 3.80. The van der Waals surface area contributed by atoms with Gasteiger partial charge in [-0.1, -0.05) is 13.0 Å². The second kappa shape index (κ2) is 7.48. The number of hydrogen-bond donors (Lipinski definition) is 0. The van der Waals surface area contributed by atoms with E-state index in [1.165, 1.54) is 6.07 Å². The molecule has 2 heterocycles. The van der Waals surface area contributed by atoms with E-state index in [9.17, 15) is 21.6 Å². The molecule has 0 aliphatic carbocycles. The van der Waals surface area contributed by atoms with Crippen molar-refractivity contribution in [3.8, 4) is 0 Å². The Hall–Kier alpha value is -1.93. The summed E-state index contributed by atoms with van der Waals surface area (Å²) in [6.07, 6.45) is -2.70. The number of aryl methyl sites for hydroxylation is 1. The summed E-state index contributed by atoms with van der Waals surface area (Å²) in [6, 6.07) is 7.61. The van der Waals surface area contributed by atoms with Crippen LogP contribution in [-0.2, 0) is 20.8 Å². The van der Waals surface area contributed by atoms with Crippen molar-refractivity contribution in [2.45, 2.75) is 55.0 Å². The molecule has 1 aliphatic heterocycles. The van der Waals surface area contributed by atoms with Gasteiger partial charge in [0.05, 0.1) is 21.3 Å². The van der Waals surface area contributed by atoms with Crippen molar-refractivity contribution in [1.82, 2.24) is 4.98 Å². The average molecular weight is 413 g/mol. The van der Waals surface area contributed by atoms with E-state index in [1.54, 1.807) is 19.2 Å². The third-order valence-corrected chi connectivity index (χ3v) is 8.09. The average Bonchev–Trinajstić information content (AvgIpc) is 2.67. The number of alkyl halides is 3. The molecule has 1 aromatic heterocycles. The van der Waals surface area contributed by atoms with E-state index in [4.69, 9.17) is 4.74 Å². The second-order valence-corrected chi connectivity index (χ2v) is 9.45. The molecule has 0 amide bonds. The van der Waals surface area contributed by atoms with Crippen molar-refractivity contribution < 1.29 is 26.3 Å². The van der Waals surface area contributed by atoms with Crippen LogP contribution in [0.15, 0.2) is 47.5 Å². The summed E-state index contributed by atoms with van der Waals surface area (Å²) in [5.41, 5.74) is 0.645. The van der Waals surface area contributed by atoms with Crippen molar-refractivity contribution in [3.05, 3.63) is 59.4 Å². The normalized spacial score (nSPS) is 23.5. The molecule has 2 unspecified atom stereocenters. The largest absolute Gasteiger partial charge is 0.416 e. The Morgan fingerprint density at radius 3 is 2.64 bits per heavy atom. The van der Waals surface area contributed by atoms with Crippen LogP contribution in [-0.4, -0.2) is 24.8 Å². The van der Waals surface area contributed by atoms with Gasteiger partial charge in [-0.15, -0.1) is 0 Å². The van der Waals surface area contributed by atoms with Crippen LogP contribution in [0.25, 0.3) is 0 Å². The first-order valence-corrected chi connectivity index (χ1v) is 10.5. The van der Waals surface area contributed by atoms with Gasteiger partial charge >= 0.3 is 6.18 Å². The Kier molecular flexibility index (Phi) is 5.55. The first kappa shape index (κ1) is 20.8. The van der Waals surface area contributed by atoms with Crippen LogP contribution in [0, 0.1) is 6.92 Å². The monoisotopic (exact) mass is 413 g/mol. The highest BCUT2D eigenvalue weighted by Gasteiger charge is 2.48. The van der Waals surface area contributed by atoms with Crippen molar-refractivity contribution in [2.75, 3.05) is 6.61 Å². The number of aromatic nitrogens is 1. The molecule has 1 aromatic carbocycles. The molecule has 2 aromatic rings. The number of sulfone groups is 1. The Balaban J connectivity index is 2.01. The van der Waals surface area contributed by atoms with E-state index in [0.717, 1.165) is 29.5 Å². The highest BCUT2D eigenvalue weighted by atomic mass is 32.2. The van der Waals surface area contributed by atoms with Crippen LogP contribution < -0.4 is 0 Å². The molecule has 1 saturated heterocycles. The molecule has 2 atom stereocenters. The molecule has 8 heteroatoms. The quantitative estimate of drug-likeness (QED) is 0.717. The maximum Gasteiger partial charge on any atom is 0.416 e. The molecule has 0 radical (unpaired) electrons. The molecule has 0 bridgehead atoms. The highest BCUT2D eigenvalue weighted by Crippen LogP contribution is 2.44. The minimum Gasteiger partial charge on any atom is -0.373 e. The van der Waals surface area contributed by atoms with Gasteiger partial charge in [-0.2, -0.15) is 13.2 Å². The van der Waals surface area contributed by atoms with E-state index < -0.39 is 32.4 Å². The zero-order valence-corrected chi connectivity index (χ0v) is 16.5. The Morgan fingerprint density at radius 1 is 1.25 bits per heavy atom. The summed E-state index contributed by atoms with van der Waals surface area (Å²) < 4.78 is 70.7. The maximum atomic E-state index is 13.4. The van der Waals surface area contributed by atoms with E-state index in [0.29, 0.717) is 0 Å². The summed E-state index contributed by atoms with van der Waals surface area (Å²) in [5.74, 6) is 0. The van der Waals surface area contributed by atoms with E-state index in [1.807, 2.05) is 13.0 Å². The van der Waals surface area contributed by atoms with Crippen LogP contribution in [0.4, 0.5) is 13.2 Å². The molecule has 0 spiro atoms. The van der Waals surface area contributed by atoms with Gasteiger partial charge in [0.15, 0.2) is 9.84 Å². The minimum atomic E-state index is -4.60. The summed E-state index contributed by atoms with van der Waals surface area (Å²) in [6.45, 7) is 3.81. The molecule has 28 heavy (non-hydrogen) atoms. The molecule has 0 N–H and O–H groups in total. The lowest BCUT2D eigenvalue weighted by molar-refractivity contribution is -0.137. The smallest absolute Gasteiger partial charge is 0.373 e. The van der Waals surface area contributed by atoms with Gasteiger partial charge in [-0.25, -0.2) is 8.42 Å². The Morgan fingerprint density at radius 2 is 2.00 bits per heavy atom. The molecular weight excluding hydrogens is 391 g/mol. The number of pyridine rings is 1. The van der Waals surface area contributed by atoms with Crippen molar-refractivity contribution in [1.29, 1.82) is 0 Å². The molecule has 152 valence electrons. The predicted octanol–water partition coefficient (Wildman–Crippen LogP) is 4.88. The lowest BCUT2D eigenvalue weighted by Crippen LogP contribution is -2.44. The number of ether oxygens (including phenoxy) is 1. The molecule has 4 nitrogen and oxygen atoms in total. The molecule has 3 rings (SSSR count). The van der Waals surface area contributed by atoms with Crippen LogP contribution >= 0.6 is 0 Å². The van der Waals surface area contributed by atoms with Crippen LogP contribution in [0.1, 0.15) is 49.1 Å². The van der Waals surface area contributed by atoms with E-state index in [2.05, 4.69) is 4.98 Å². The summed E-state index contributed by atoms with van der Waals surface area (Å²) in [7, 11) is -4.00. The van der Waals surface area contributed by atoms with Crippen LogP contribution in [0.2, 0.25) is 0 Å². The third-order valence-electron chi connectivity index (χ3n) is 5.41. The first-order chi connectivity index (χ1) is 13.1. The molecule has 1 aliphatic rings. The van der Waals surface area contributed by atoms with Gasteiger partial charge in [-0.3, -0.25) is 4.98 Å². The van der Waals surface area contributed by atoms with Crippen molar-refractivity contribution in [3.63, 3.8) is 0 Å². The molecule has 0 saturated carbocycles. The number of hydrogen-bond acceptors (Lipinski definition) is 4. The van der Waals surface area contributed by atoms with Gasteiger partial charge in [0.1, 0.15) is 0 Å². The standard InChI is InChI=1S/C20H22F3NO3S/c1-3-19(8-10-27-18(13-19)15-7-9-24-14(2)11-15)28(25,26)17-6-4-5-16(12-17)20(21,22)23/h4-7,9,11-12,18H,3,8,10,13H2,1-2H3. The highest BCUT2D eigenvalue weighted by molar-refractivity contribution is 7.92. The van der Waals surface area contributed by atoms with Crippen LogP contribution in [0.5, 0.6) is 0 Å². The fourth-order valence-corrected chi connectivity index (χ4v) is 5.86. The number of nitrogens with zero attached hydrogens (tertiary/aromatic N) is 1. The summed E-state index contributed by atoms with van der Waals surface area (Å²) in [5, 5.41) is 0. The Labute approximate surface area is 162 Å². The maximum absolute atomic E-state index is 13.4. The fourth-order valence-electron chi connectivity index (χ4n) is 3.71. The van der Waals surface area contributed by atoms with Crippen molar-refractivity contribution >= 4 is 9.84 Å². The van der Waals surface area contributed by atoms with Gasteiger partial charge < -0.3 is 4.74 Å².